The Morgan fingerprint density at radius 1 is 1.53 bits per heavy atom. The van der Waals surface area contributed by atoms with Crippen molar-refractivity contribution in [2.24, 2.45) is 0 Å². The maximum atomic E-state index is 11.3. The SMILES string of the molecule is CCCCOC(=O)Cc1ccc(Br)cn1. The normalized spacial score (nSPS) is 10.0. The summed E-state index contributed by atoms with van der Waals surface area (Å²) < 4.78 is 5.93. The smallest absolute Gasteiger partial charge is 0.311 e. The van der Waals surface area contributed by atoms with Crippen LogP contribution in [0, 0.1) is 0 Å². The minimum absolute atomic E-state index is 0.210. The molecule has 0 saturated carbocycles. The number of esters is 1. The Kier molecular flexibility index (Phi) is 5.32. The fraction of sp³-hybridized carbons (Fsp3) is 0.455. The van der Waals surface area contributed by atoms with Crippen molar-refractivity contribution in [3.05, 3.63) is 28.5 Å². The highest BCUT2D eigenvalue weighted by Gasteiger charge is 2.05. The predicted molar refractivity (Wildman–Crippen MR) is 61.5 cm³/mol. The van der Waals surface area contributed by atoms with E-state index in [9.17, 15) is 4.79 Å². The molecule has 1 aromatic heterocycles. The van der Waals surface area contributed by atoms with Crippen LogP contribution in [0.5, 0.6) is 0 Å². The van der Waals surface area contributed by atoms with E-state index in [1.54, 1.807) is 6.20 Å². The Morgan fingerprint density at radius 3 is 2.93 bits per heavy atom. The number of nitrogens with zero attached hydrogens (tertiary/aromatic N) is 1. The number of aromatic nitrogens is 1. The van der Waals surface area contributed by atoms with Gasteiger partial charge in [0.05, 0.1) is 18.7 Å². The minimum atomic E-state index is -0.210. The van der Waals surface area contributed by atoms with Crippen molar-refractivity contribution in [3.8, 4) is 0 Å². The fourth-order valence-corrected chi connectivity index (χ4v) is 1.27. The van der Waals surface area contributed by atoms with Crippen molar-refractivity contribution in [3.63, 3.8) is 0 Å². The van der Waals surface area contributed by atoms with Gasteiger partial charge in [0.2, 0.25) is 0 Å². The van der Waals surface area contributed by atoms with Crippen LogP contribution in [0.4, 0.5) is 0 Å². The highest BCUT2D eigenvalue weighted by molar-refractivity contribution is 9.10. The number of ether oxygens (including phenoxy) is 1. The van der Waals surface area contributed by atoms with E-state index < -0.39 is 0 Å². The molecule has 0 atom stereocenters. The van der Waals surface area contributed by atoms with Gasteiger partial charge in [-0.1, -0.05) is 13.3 Å². The van der Waals surface area contributed by atoms with Gasteiger partial charge in [-0.2, -0.15) is 0 Å². The summed E-state index contributed by atoms with van der Waals surface area (Å²) in [5.74, 6) is -0.210. The molecule has 1 aromatic rings. The topological polar surface area (TPSA) is 39.2 Å². The van der Waals surface area contributed by atoms with Gasteiger partial charge < -0.3 is 4.74 Å². The lowest BCUT2D eigenvalue weighted by Gasteiger charge is -2.03. The Hall–Kier alpha value is -0.900. The van der Waals surface area contributed by atoms with Crippen molar-refractivity contribution in [2.75, 3.05) is 6.61 Å². The van der Waals surface area contributed by atoms with Crippen LogP contribution in [0.15, 0.2) is 22.8 Å². The molecule has 0 bridgehead atoms. The quantitative estimate of drug-likeness (QED) is 0.611. The zero-order valence-corrected chi connectivity index (χ0v) is 10.3. The van der Waals surface area contributed by atoms with Gasteiger partial charge in [-0.15, -0.1) is 0 Å². The molecule has 0 N–H and O–H groups in total. The van der Waals surface area contributed by atoms with Gasteiger partial charge in [0.15, 0.2) is 0 Å². The summed E-state index contributed by atoms with van der Waals surface area (Å²) in [7, 11) is 0. The van der Waals surface area contributed by atoms with E-state index in [0.29, 0.717) is 6.61 Å². The van der Waals surface area contributed by atoms with Crippen LogP contribution in [0.25, 0.3) is 0 Å². The van der Waals surface area contributed by atoms with E-state index in [-0.39, 0.29) is 12.4 Å². The maximum Gasteiger partial charge on any atom is 0.311 e. The molecule has 0 aliphatic rings. The molecule has 3 nitrogen and oxygen atoms in total. The predicted octanol–water partition coefficient (Wildman–Crippen LogP) is 2.73. The number of hydrogen-bond acceptors (Lipinski definition) is 3. The zero-order valence-electron chi connectivity index (χ0n) is 8.70. The van der Waals surface area contributed by atoms with Crippen LogP contribution >= 0.6 is 15.9 Å². The molecular weight excluding hydrogens is 258 g/mol. The molecule has 0 spiro atoms. The molecule has 0 unspecified atom stereocenters. The van der Waals surface area contributed by atoms with Crippen molar-refractivity contribution in [1.29, 1.82) is 0 Å². The molecular formula is C11H14BrNO2. The van der Waals surface area contributed by atoms with Gasteiger partial charge in [0, 0.05) is 10.7 Å². The summed E-state index contributed by atoms with van der Waals surface area (Å²) in [6.07, 6.45) is 3.87. The first-order valence-corrected chi connectivity index (χ1v) is 5.77. The van der Waals surface area contributed by atoms with Gasteiger partial charge in [-0.3, -0.25) is 9.78 Å². The molecule has 1 heterocycles. The fourth-order valence-electron chi connectivity index (χ4n) is 1.04. The number of unbranched alkanes of at least 4 members (excludes halogenated alkanes) is 1. The van der Waals surface area contributed by atoms with Gasteiger partial charge >= 0.3 is 5.97 Å². The first kappa shape index (κ1) is 12.2. The molecule has 0 radical (unpaired) electrons. The van der Waals surface area contributed by atoms with E-state index in [1.807, 2.05) is 12.1 Å². The van der Waals surface area contributed by atoms with E-state index in [0.717, 1.165) is 23.0 Å². The lowest BCUT2D eigenvalue weighted by Crippen LogP contribution is -2.09. The van der Waals surface area contributed by atoms with Crippen LogP contribution in [-0.2, 0) is 16.0 Å². The lowest BCUT2D eigenvalue weighted by molar-refractivity contribution is -0.143. The Bertz CT molecular complexity index is 311. The minimum Gasteiger partial charge on any atom is -0.465 e. The van der Waals surface area contributed by atoms with E-state index in [2.05, 4.69) is 27.8 Å². The summed E-state index contributed by atoms with van der Waals surface area (Å²) in [4.78, 5) is 15.4. The number of carbonyl (C=O) groups is 1. The largest absolute Gasteiger partial charge is 0.465 e. The van der Waals surface area contributed by atoms with Crippen molar-refractivity contribution in [2.45, 2.75) is 26.2 Å². The third kappa shape index (κ3) is 4.93. The van der Waals surface area contributed by atoms with Crippen LogP contribution in [-0.4, -0.2) is 17.6 Å². The Balaban J connectivity index is 2.34. The second kappa shape index (κ2) is 6.56. The number of hydrogen-bond donors (Lipinski definition) is 0. The van der Waals surface area contributed by atoms with Crippen molar-refractivity contribution >= 4 is 21.9 Å². The summed E-state index contributed by atoms with van der Waals surface area (Å²) in [5.41, 5.74) is 0.736. The summed E-state index contributed by atoms with van der Waals surface area (Å²) in [5, 5.41) is 0. The standard InChI is InChI=1S/C11H14BrNO2/c1-2-3-6-15-11(14)7-10-5-4-9(12)8-13-10/h4-5,8H,2-3,6-7H2,1H3. The highest BCUT2D eigenvalue weighted by Crippen LogP contribution is 2.08. The van der Waals surface area contributed by atoms with Gasteiger partial charge in [0.25, 0.3) is 0 Å². The number of pyridine rings is 1. The second-order valence-electron chi connectivity index (χ2n) is 3.22. The lowest BCUT2D eigenvalue weighted by atomic mass is 10.3. The third-order valence-corrected chi connectivity index (χ3v) is 2.34. The average molecular weight is 272 g/mol. The first-order valence-electron chi connectivity index (χ1n) is 4.98. The van der Waals surface area contributed by atoms with Crippen LogP contribution in [0.3, 0.4) is 0 Å². The first-order chi connectivity index (χ1) is 7.22. The van der Waals surface area contributed by atoms with Crippen LogP contribution in [0.1, 0.15) is 25.5 Å². The third-order valence-electron chi connectivity index (χ3n) is 1.88. The van der Waals surface area contributed by atoms with Crippen LogP contribution < -0.4 is 0 Å². The van der Waals surface area contributed by atoms with E-state index in [1.165, 1.54) is 0 Å². The molecule has 4 heteroatoms. The highest BCUT2D eigenvalue weighted by atomic mass is 79.9. The number of rotatable bonds is 5. The number of halogens is 1. The molecule has 0 amide bonds. The maximum absolute atomic E-state index is 11.3. The van der Waals surface area contributed by atoms with Gasteiger partial charge in [0.1, 0.15) is 0 Å². The summed E-state index contributed by atoms with van der Waals surface area (Å²) >= 11 is 3.28. The zero-order chi connectivity index (χ0) is 11.1. The van der Waals surface area contributed by atoms with E-state index >= 15 is 0 Å². The monoisotopic (exact) mass is 271 g/mol. The molecule has 0 aliphatic carbocycles. The summed E-state index contributed by atoms with van der Waals surface area (Å²) in [6.45, 7) is 2.57. The molecule has 0 aliphatic heterocycles. The van der Waals surface area contributed by atoms with Crippen molar-refractivity contribution in [1.82, 2.24) is 4.98 Å². The molecule has 0 aromatic carbocycles. The van der Waals surface area contributed by atoms with Gasteiger partial charge in [-0.05, 0) is 34.5 Å². The van der Waals surface area contributed by atoms with E-state index in [4.69, 9.17) is 4.74 Å². The van der Waals surface area contributed by atoms with Gasteiger partial charge in [-0.25, -0.2) is 0 Å². The molecule has 0 fully saturated rings. The number of carbonyl (C=O) groups excluding carboxylic acids is 1. The Morgan fingerprint density at radius 2 is 2.33 bits per heavy atom. The molecule has 15 heavy (non-hydrogen) atoms. The summed E-state index contributed by atoms with van der Waals surface area (Å²) in [6, 6.07) is 3.67. The molecule has 1 rings (SSSR count). The molecule has 0 saturated heterocycles. The van der Waals surface area contributed by atoms with Crippen molar-refractivity contribution < 1.29 is 9.53 Å². The van der Waals surface area contributed by atoms with Crippen LogP contribution in [0.2, 0.25) is 0 Å². The Labute approximate surface area is 98.0 Å². The molecule has 82 valence electrons. The average Bonchev–Trinajstić information content (AvgIpc) is 2.22. The second-order valence-corrected chi connectivity index (χ2v) is 4.13.